The Morgan fingerprint density at radius 2 is 1.82 bits per heavy atom. The van der Waals surface area contributed by atoms with Crippen molar-refractivity contribution >= 4 is 40.1 Å². The summed E-state index contributed by atoms with van der Waals surface area (Å²) in [7, 11) is 0. The number of amidine groups is 1. The second-order valence-corrected chi connectivity index (χ2v) is 6.45. The quantitative estimate of drug-likeness (QED) is 0.923. The summed E-state index contributed by atoms with van der Waals surface area (Å²) in [4.78, 5) is 16.3. The van der Waals surface area contributed by atoms with E-state index in [-0.39, 0.29) is 17.0 Å². The highest BCUT2D eigenvalue weighted by Gasteiger charge is 2.30. The van der Waals surface area contributed by atoms with E-state index in [2.05, 4.69) is 10.3 Å². The van der Waals surface area contributed by atoms with E-state index in [0.717, 1.165) is 5.56 Å². The number of carbonyl (C=O) groups is 1. The highest BCUT2D eigenvalue weighted by atomic mass is 35.5. The number of rotatable bonds is 3. The van der Waals surface area contributed by atoms with E-state index in [1.165, 1.54) is 23.9 Å². The standard InChI is InChI=1S/C16H12ClFN2OS/c17-11-3-1-10(2-4-11)9-14-15(21)20-16(22-14)19-13-7-5-12(18)6-8-13/h1-8,14H,9H2,(H,19,20,21). The third-order valence-corrected chi connectivity index (χ3v) is 4.50. The maximum Gasteiger partial charge on any atom is 0.239 e. The lowest BCUT2D eigenvalue weighted by atomic mass is 10.1. The molecule has 1 unspecified atom stereocenters. The molecule has 3 nitrogen and oxygen atoms in total. The van der Waals surface area contributed by atoms with Gasteiger partial charge < -0.3 is 5.32 Å². The molecule has 1 N–H and O–H groups in total. The van der Waals surface area contributed by atoms with Crippen LogP contribution in [-0.4, -0.2) is 16.3 Å². The van der Waals surface area contributed by atoms with E-state index in [0.29, 0.717) is 22.3 Å². The first-order chi connectivity index (χ1) is 10.6. The van der Waals surface area contributed by atoms with Gasteiger partial charge in [-0.15, -0.1) is 0 Å². The van der Waals surface area contributed by atoms with Crippen molar-refractivity contribution in [2.24, 2.45) is 4.99 Å². The molecular weight excluding hydrogens is 323 g/mol. The molecule has 3 rings (SSSR count). The molecule has 1 aliphatic rings. The SMILES string of the molecule is O=C1NC(=Nc2ccc(F)cc2)SC1Cc1ccc(Cl)cc1. The molecule has 6 heteroatoms. The monoisotopic (exact) mass is 334 g/mol. The minimum absolute atomic E-state index is 0.0687. The van der Waals surface area contributed by atoms with Gasteiger partial charge in [0.1, 0.15) is 5.82 Å². The highest BCUT2D eigenvalue weighted by molar-refractivity contribution is 8.15. The molecule has 2 aromatic carbocycles. The second kappa shape index (κ2) is 6.50. The Morgan fingerprint density at radius 1 is 1.14 bits per heavy atom. The van der Waals surface area contributed by atoms with Crippen molar-refractivity contribution in [3.8, 4) is 0 Å². The Kier molecular flexibility index (Phi) is 4.45. The summed E-state index contributed by atoms with van der Waals surface area (Å²) in [5, 5.41) is 3.74. The van der Waals surface area contributed by atoms with Gasteiger partial charge in [-0.2, -0.15) is 0 Å². The average molecular weight is 335 g/mol. The molecule has 1 aliphatic heterocycles. The fourth-order valence-electron chi connectivity index (χ4n) is 2.06. The summed E-state index contributed by atoms with van der Waals surface area (Å²) >= 11 is 7.23. The number of aliphatic imine (C=N–C) groups is 1. The molecule has 112 valence electrons. The van der Waals surface area contributed by atoms with Crippen LogP contribution in [0.4, 0.5) is 10.1 Å². The van der Waals surface area contributed by atoms with E-state index in [1.54, 1.807) is 12.1 Å². The van der Waals surface area contributed by atoms with Crippen LogP contribution in [0.1, 0.15) is 5.56 Å². The smallest absolute Gasteiger partial charge is 0.239 e. The summed E-state index contributed by atoms with van der Waals surface area (Å²) in [6.07, 6.45) is 0.607. The van der Waals surface area contributed by atoms with Crippen molar-refractivity contribution in [3.05, 3.63) is 64.9 Å². The molecule has 0 radical (unpaired) electrons. The topological polar surface area (TPSA) is 41.5 Å². The maximum atomic E-state index is 12.9. The molecule has 1 fully saturated rings. The zero-order valence-electron chi connectivity index (χ0n) is 11.4. The molecule has 0 aliphatic carbocycles. The Bertz CT molecular complexity index is 716. The predicted octanol–water partition coefficient (Wildman–Crippen LogP) is 3.94. The normalized spacial score (nSPS) is 19.5. The van der Waals surface area contributed by atoms with Gasteiger partial charge in [0, 0.05) is 5.02 Å². The van der Waals surface area contributed by atoms with Crippen LogP contribution >= 0.6 is 23.4 Å². The van der Waals surface area contributed by atoms with E-state index in [9.17, 15) is 9.18 Å². The number of hydrogen-bond donors (Lipinski definition) is 1. The molecule has 1 saturated heterocycles. The van der Waals surface area contributed by atoms with Gasteiger partial charge in [-0.3, -0.25) is 4.79 Å². The van der Waals surface area contributed by atoms with Gasteiger partial charge in [0.15, 0.2) is 5.17 Å². The second-order valence-electron chi connectivity index (χ2n) is 4.82. The van der Waals surface area contributed by atoms with Crippen molar-refractivity contribution in [2.75, 3.05) is 0 Å². The highest BCUT2D eigenvalue weighted by Crippen LogP contribution is 2.26. The fraction of sp³-hybridized carbons (Fsp3) is 0.125. The van der Waals surface area contributed by atoms with Crippen molar-refractivity contribution < 1.29 is 9.18 Å². The Balaban J connectivity index is 1.70. The molecule has 0 aromatic heterocycles. The number of carbonyl (C=O) groups excluding carboxylic acids is 1. The van der Waals surface area contributed by atoms with Crippen molar-refractivity contribution in [1.29, 1.82) is 0 Å². The van der Waals surface area contributed by atoms with Crippen molar-refractivity contribution in [2.45, 2.75) is 11.7 Å². The van der Waals surface area contributed by atoms with Gasteiger partial charge in [-0.1, -0.05) is 35.5 Å². The van der Waals surface area contributed by atoms with Crippen LogP contribution < -0.4 is 5.32 Å². The third kappa shape index (κ3) is 3.67. The number of amides is 1. The van der Waals surface area contributed by atoms with Crippen LogP contribution in [0.2, 0.25) is 5.02 Å². The van der Waals surface area contributed by atoms with Gasteiger partial charge in [-0.05, 0) is 48.4 Å². The average Bonchev–Trinajstić information content (AvgIpc) is 2.84. The third-order valence-electron chi connectivity index (χ3n) is 3.17. The van der Waals surface area contributed by atoms with Crippen LogP contribution in [0.15, 0.2) is 53.5 Å². The molecule has 0 bridgehead atoms. The minimum Gasteiger partial charge on any atom is -0.304 e. The Labute approximate surface area is 136 Å². The number of thioether (sulfide) groups is 1. The lowest BCUT2D eigenvalue weighted by Gasteiger charge is -2.05. The van der Waals surface area contributed by atoms with Crippen molar-refractivity contribution in [3.63, 3.8) is 0 Å². The van der Waals surface area contributed by atoms with E-state index in [4.69, 9.17) is 11.6 Å². The zero-order chi connectivity index (χ0) is 15.5. The lowest BCUT2D eigenvalue weighted by Crippen LogP contribution is -2.25. The van der Waals surface area contributed by atoms with E-state index in [1.807, 2.05) is 24.3 Å². The number of benzene rings is 2. The summed E-state index contributed by atoms with van der Waals surface area (Å²) in [5.74, 6) is -0.381. The van der Waals surface area contributed by atoms with Crippen LogP contribution in [0.3, 0.4) is 0 Å². The van der Waals surface area contributed by atoms with Gasteiger partial charge in [-0.25, -0.2) is 9.38 Å². The number of hydrogen-bond acceptors (Lipinski definition) is 3. The first-order valence-electron chi connectivity index (χ1n) is 6.66. The lowest BCUT2D eigenvalue weighted by molar-refractivity contribution is -0.118. The molecule has 22 heavy (non-hydrogen) atoms. The van der Waals surface area contributed by atoms with Crippen LogP contribution in [-0.2, 0) is 11.2 Å². The number of halogens is 2. The van der Waals surface area contributed by atoms with Crippen LogP contribution in [0.25, 0.3) is 0 Å². The van der Waals surface area contributed by atoms with Crippen LogP contribution in [0.5, 0.6) is 0 Å². The summed E-state index contributed by atoms with van der Waals surface area (Å²) in [5.41, 5.74) is 1.65. The molecule has 1 amide bonds. The molecule has 0 spiro atoms. The Hall–Kier alpha value is -1.85. The van der Waals surface area contributed by atoms with Crippen LogP contribution in [0, 0.1) is 5.82 Å². The Morgan fingerprint density at radius 3 is 2.50 bits per heavy atom. The first-order valence-corrected chi connectivity index (χ1v) is 7.92. The molecular formula is C16H12ClFN2OS. The van der Waals surface area contributed by atoms with Gasteiger partial charge in [0.25, 0.3) is 0 Å². The molecule has 1 heterocycles. The predicted molar refractivity (Wildman–Crippen MR) is 88.2 cm³/mol. The number of nitrogens with one attached hydrogen (secondary N) is 1. The summed E-state index contributed by atoms with van der Waals surface area (Å²) < 4.78 is 12.9. The molecule has 2 aromatic rings. The van der Waals surface area contributed by atoms with E-state index >= 15 is 0 Å². The minimum atomic E-state index is -0.312. The summed E-state index contributed by atoms with van der Waals surface area (Å²) in [6, 6.07) is 13.3. The zero-order valence-corrected chi connectivity index (χ0v) is 13.0. The van der Waals surface area contributed by atoms with Crippen molar-refractivity contribution in [1.82, 2.24) is 5.32 Å². The molecule has 1 atom stereocenters. The fourth-order valence-corrected chi connectivity index (χ4v) is 3.21. The maximum absolute atomic E-state index is 12.9. The largest absolute Gasteiger partial charge is 0.304 e. The van der Waals surface area contributed by atoms with Gasteiger partial charge in [0.05, 0.1) is 10.9 Å². The summed E-state index contributed by atoms with van der Waals surface area (Å²) in [6.45, 7) is 0. The van der Waals surface area contributed by atoms with Gasteiger partial charge >= 0.3 is 0 Å². The first kappa shape index (κ1) is 15.1. The molecule has 0 saturated carbocycles. The van der Waals surface area contributed by atoms with Gasteiger partial charge in [0.2, 0.25) is 5.91 Å². The van der Waals surface area contributed by atoms with E-state index < -0.39 is 0 Å². The number of nitrogens with zero attached hydrogens (tertiary/aromatic N) is 1.